The molecule has 0 aliphatic carbocycles. The summed E-state index contributed by atoms with van der Waals surface area (Å²) in [5.41, 5.74) is 6.23. The first-order chi connectivity index (χ1) is 8.78. The molecular weight excluding hydrogens is 242 g/mol. The molecule has 0 spiro atoms. The first-order valence-electron chi connectivity index (χ1n) is 6.27. The van der Waals surface area contributed by atoms with Crippen molar-refractivity contribution in [2.24, 2.45) is 0 Å². The molecule has 4 N–H and O–H groups in total. The van der Waals surface area contributed by atoms with Crippen LogP contribution in [0.2, 0.25) is 0 Å². The van der Waals surface area contributed by atoms with Crippen molar-refractivity contribution in [1.82, 2.24) is 10.2 Å². The number of aliphatic hydroxyl groups is 1. The third kappa shape index (κ3) is 6.22. The number of nitrogens with zero attached hydrogens (tertiary/aromatic N) is 1. The lowest BCUT2D eigenvalue weighted by molar-refractivity contribution is -0.121. The number of hydrogen-bond acceptors (Lipinski definition) is 4. The maximum absolute atomic E-state index is 11.8. The van der Waals surface area contributed by atoms with Crippen LogP contribution in [0.15, 0.2) is 24.3 Å². The molecule has 1 amide bonds. The zero-order valence-corrected chi connectivity index (χ0v) is 11.8. The van der Waals surface area contributed by atoms with Crippen molar-refractivity contribution in [3.8, 4) is 0 Å². The second kappa shape index (κ2) is 6.54. The SMILES string of the molecule is CN(C)CC(C)(O)CNC(=O)Cc1ccc(N)cc1. The highest BCUT2D eigenvalue weighted by Crippen LogP contribution is 2.07. The number of carbonyl (C=O) groups is 1. The van der Waals surface area contributed by atoms with E-state index >= 15 is 0 Å². The summed E-state index contributed by atoms with van der Waals surface area (Å²) in [6, 6.07) is 7.19. The van der Waals surface area contributed by atoms with E-state index < -0.39 is 5.60 Å². The van der Waals surface area contributed by atoms with E-state index in [1.165, 1.54) is 0 Å². The van der Waals surface area contributed by atoms with Crippen LogP contribution in [0.4, 0.5) is 5.69 Å². The van der Waals surface area contributed by atoms with Crippen LogP contribution in [0.3, 0.4) is 0 Å². The average molecular weight is 265 g/mol. The van der Waals surface area contributed by atoms with E-state index in [0.717, 1.165) is 5.56 Å². The molecule has 1 atom stereocenters. The Labute approximate surface area is 114 Å². The Morgan fingerprint density at radius 3 is 2.47 bits per heavy atom. The summed E-state index contributed by atoms with van der Waals surface area (Å²) in [7, 11) is 3.76. The zero-order chi connectivity index (χ0) is 14.5. The van der Waals surface area contributed by atoms with E-state index in [4.69, 9.17) is 5.73 Å². The molecule has 0 radical (unpaired) electrons. The number of rotatable bonds is 6. The highest BCUT2D eigenvalue weighted by atomic mass is 16.3. The molecule has 5 heteroatoms. The van der Waals surface area contributed by atoms with Gasteiger partial charge < -0.3 is 21.1 Å². The number of benzene rings is 1. The molecule has 0 heterocycles. The number of nitrogens with two attached hydrogens (primary N) is 1. The predicted octanol–water partition coefficient (Wildman–Crippen LogP) is 0.240. The van der Waals surface area contributed by atoms with Gasteiger partial charge in [-0.15, -0.1) is 0 Å². The molecule has 0 aliphatic heterocycles. The molecule has 1 unspecified atom stereocenters. The Hall–Kier alpha value is -1.59. The molecule has 1 aromatic carbocycles. The van der Waals surface area contributed by atoms with Crippen LogP contribution in [0.1, 0.15) is 12.5 Å². The van der Waals surface area contributed by atoms with E-state index in [-0.39, 0.29) is 12.5 Å². The maximum Gasteiger partial charge on any atom is 0.224 e. The molecule has 0 saturated heterocycles. The van der Waals surface area contributed by atoms with Gasteiger partial charge in [-0.25, -0.2) is 0 Å². The van der Waals surface area contributed by atoms with Crippen LogP contribution in [0, 0.1) is 0 Å². The molecule has 5 nitrogen and oxygen atoms in total. The molecule has 19 heavy (non-hydrogen) atoms. The molecule has 1 aromatic rings. The molecule has 0 fully saturated rings. The first-order valence-corrected chi connectivity index (χ1v) is 6.27. The highest BCUT2D eigenvalue weighted by molar-refractivity contribution is 5.78. The van der Waals surface area contributed by atoms with Crippen molar-refractivity contribution < 1.29 is 9.90 Å². The Morgan fingerprint density at radius 1 is 1.37 bits per heavy atom. The summed E-state index contributed by atoms with van der Waals surface area (Å²) in [6.07, 6.45) is 0.290. The van der Waals surface area contributed by atoms with Crippen molar-refractivity contribution >= 4 is 11.6 Å². The van der Waals surface area contributed by atoms with Crippen LogP contribution in [0.5, 0.6) is 0 Å². The smallest absolute Gasteiger partial charge is 0.224 e. The van der Waals surface area contributed by atoms with Gasteiger partial charge in [-0.2, -0.15) is 0 Å². The number of hydrogen-bond donors (Lipinski definition) is 3. The maximum atomic E-state index is 11.8. The zero-order valence-electron chi connectivity index (χ0n) is 11.8. The van der Waals surface area contributed by atoms with Crippen molar-refractivity contribution in [2.75, 3.05) is 32.9 Å². The van der Waals surface area contributed by atoms with Crippen LogP contribution in [0.25, 0.3) is 0 Å². The van der Waals surface area contributed by atoms with Crippen LogP contribution in [-0.2, 0) is 11.2 Å². The number of nitrogen functional groups attached to an aromatic ring is 1. The van der Waals surface area contributed by atoms with Gasteiger partial charge in [0.05, 0.1) is 12.0 Å². The van der Waals surface area contributed by atoms with Gasteiger partial charge in [-0.3, -0.25) is 4.79 Å². The molecule has 106 valence electrons. The van der Waals surface area contributed by atoms with Crippen molar-refractivity contribution in [3.05, 3.63) is 29.8 Å². The lowest BCUT2D eigenvalue weighted by Gasteiger charge is -2.27. The van der Waals surface area contributed by atoms with Gasteiger partial charge in [0, 0.05) is 18.8 Å². The standard InChI is InChI=1S/C14H23N3O2/c1-14(19,10-17(2)3)9-16-13(18)8-11-4-6-12(15)7-5-11/h4-7,19H,8-10,15H2,1-3H3,(H,16,18). The molecule has 1 rings (SSSR count). The Bertz CT molecular complexity index is 413. The Kier molecular flexibility index (Phi) is 5.32. The van der Waals surface area contributed by atoms with Crippen LogP contribution >= 0.6 is 0 Å². The fraction of sp³-hybridized carbons (Fsp3) is 0.500. The third-order valence-corrected chi connectivity index (χ3v) is 2.67. The van der Waals surface area contributed by atoms with Crippen molar-refractivity contribution in [1.29, 1.82) is 0 Å². The van der Waals surface area contributed by atoms with Gasteiger partial charge in [-0.1, -0.05) is 12.1 Å². The summed E-state index contributed by atoms with van der Waals surface area (Å²) in [4.78, 5) is 13.6. The molecule has 0 aliphatic rings. The Balaban J connectivity index is 2.41. The summed E-state index contributed by atoms with van der Waals surface area (Å²) in [6.45, 7) is 2.44. The van der Waals surface area contributed by atoms with Gasteiger partial charge in [0.1, 0.15) is 0 Å². The van der Waals surface area contributed by atoms with E-state index in [1.807, 2.05) is 31.1 Å². The van der Waals surface area contributed by atoms with Crippen LogP contribution in [-0.4, -0.2) is 48.7 Å². The number of nitrogens with one attached hydrogen (secondary N) is 1. The van der Waals surface area contributed by atoms with Crippen LogP contribution < -0.4 is 11.1 Å². The topological polar surface area (TPSA) is 78.6 Å². The lowest BCUT2D eigenvalue weighted by Crippen LogP contribution is -2.47. The normalized spacial score (nSPS) is 14.2. The average Bonchev–Trinajstić information content (AvgIpc) is 2.28. The molecule has 0 bridgehead atoms. The summed E-state index contributed by atoms with van der Waals surface area (Å²) >= 11 is 0. The number of likely N-dealkylation sites (N-methyl/N-ethyl adjacent to an activating group) is 1. The highest BCUT2D eigenvalue weighted by Gasteiger charge is 2.21. The second-order valence-electron chi connectivity index (χ2n) is 5.43. The first kappa shape index (κ1) is 15.5. The lowest BCUT2D eigenvalue weighted by atomic mass is 10.1. The van der Waals surface area contributed by atoms with Gasteiger partial charge in [-0.05, 0) is 38.7 Å². The monoisotopic (exact) mass is 265 g/mol. The van der Waals surface area contributed by atoms with Gasteiger partial charge in [0.2, 0.25) is 5.91 Å². The quantitative estimate of drug-likeness (QED) is 0.644. The minimum Gasteiger partial charge on any atom is -0.399 e. The van der Waals surface area contributed by atoms with Gasteiger partial charge in [0.25, 0.3) is 0 Å². The van der Waals surface area contributed by atoms with E-state index in [9.17, 15) is 9.90 Å². The summed E-state index contributed by atoms with van der Waals surface area (Å²) < 4.78 is 0. The van der Waals surface area contributed by atoms with Gasteiger partial charge >= 0.3 is 0 Å². The van der Waals surface area contributed by atoms with Gasteiger partial charge in [0.15, 0.2) is 0 Å². The minimum atomic E-state index is -0.930. The van der Waals surface area contributed by atoms with Crippen molar-refractivity contribution in [2.45, 2.75) is 18.9 Å². The van der Waals surface area contributed by atoms with E-state index in [0.29, 0.717) is 18.7 Å². The molecule has 0 aromatic heterocycles. The Morgan fingerprint density at radius 2 is 1.95 bits per heavy atom. The minimum absolute atomic E-state index is 0.108. The summed E-state index contributed by atoms with van der Waals surface area (Å²) in [5, 5.41) is 12.8. The molecule has 0 saturated carbocycles. The number of amides is 1. The molecular formula is C14H23N3O2. The largest absolute Gasteiger partial charge is 0.399 e. The fourth-order valence-electron chi connectivity index (χ4n) is 1.91. The number of carbonyl (C=O) groups excluding carboxylic acids is 1. The van der Waals surface area contributed by atoms with E-state index in [2.05, 4.69) is 5.32 Å². The van der Waals surface area contributed by atoms with Crippen molar-refractivity contribution in [3.63, 3.8) is 0 Å². The van der Waals surface area contributed by atoms with E-state index in [1.54, 1.807) is 19.1 Å². The number of anilines is 1. The fourth-order valence-corrected chi connectivity index (χ4v) is 1.91. The third-order valence-electron chi connectivity index (χ3n) is 2.67. The predicted molar refractivity (Wildman–Crippen MR) is 76.7 cm³/mol. The summed E-state index contributed by atoms with van der Waals surface area (Å²) in [5.74, 6) is -0.108. The second-order valence-corrected chi connectivity index (χ2v) is 5.43.